The zero-order valence-corrected chi connectivity index (χ0v) is 18.4. The van der Waals surface area contributed by atoms with Crippen molar-refractivity contribution < 1.29 is 18.7 Å². The number of nitrogens with one attached hydrogen (secondary N) is 1. The molecule has 158 valence electrons. The number of halogens is 2. The number of ether oxygens (including phenoxy) is 1. The number of anilines is 1. The number of rotatable bonds is 6. The summed E-state index contributed by atoms with van der Waals surface area (Å²) in [4.78, 5) is 27.6. The number of carbonyl (C=O) groups excluding carboxylic acids is 2. The first-order chi connectivity index (χ1) is 15.0. The number of amides is 2. The van der Waals surface area contributed by atoms with Gasteiger partial charge in [-0.15, -0.1) is 0 Å². The minimum atomic E-state index is -0.534. The number of nitrogens with zero attached hydrogens (tertiary/aromatic N) is 1. The fourth-order valence-corrected chi connectivity index (χ4v) is 4.06. The van der Waals surface area contributed by atoms with Crippen LogP contribution >= 0.6 is 15.9 Å². The summed E-state index contributed by atoms with van der Waals surface area (Å²) in [7, 11) is 1.58. The van der Waals surface area contributed by atoms with Crippen LogP contribution in [0.5, 0.6) is 5.75 Å². The maximum Gasteiger partial charge on any atom is 0.255 e. The molecule has 5 nitrogen and oxygen atoms in total. The van der Waals surface area contributed by atoms with Crippen LogP contribution in [-0.2, 0) is 11.3 Å². The molecular weight excluding hydrogens is 463 g/mol. The van der Waals surface area contributed by atoms with Crippen LogP contribution in [0.2, 0.25) is 0 Å². The number of fused-ring (bicyclic) bond motifs is 1. The third-order valence-electron chi connectivity index (χ3n) is 5.31. The van der Waals surface area contributed by atoms with E-state index >= 15 is 0 Å². The van der Waals surface area contributed by atoms with Gasteiger partial charge in [-0.05, 0) is 47.5 Å². The molecule has 0 bridgehead atoms. The van der Waals surface area contributed by atoms with Crippen molar-refractivity contribution in [2.45, 2.75) is 19.0 Å². The highest BCUT2D eigenvalue weighted by atomic mass is 79.9. The van der Waals surface area contributed by atoms with Crippen LogP contribution in [-0.4, -0.2) is 23.8 Å². The van der Waals surface area contributed by atoms with E-state index in [0.29, 0.717) is 22.3 Å². The van der Waals surface area contributed by atoms with Crippen molar-refractivity contribution in [3.8, 4) is 5.75 Å². The Balaban J connectivity index is 1.61. The summed E-state index contributed by atoms with van der Waals surface area (Å²) in [5.41, 5.74) is 2.46. The van der Waals surface area contributed by atoms with E-state index in [2.05, 4.69) is 21.2 Å². The molecular formula is C24H20BrFN2O3. The molecule has 0 saturated heterocycles. The van der Waals surface area contributed by atoms with Crippen LogP contribution in [0.25, 0.3) is 0 Å². The number of hydrogen-bond acceptors (Lipinski definition) is 3. The summed E-state index contributed by atoms with van der Waals surface area (Å²) < 4.78 is 20.0. The first-order valence-corrected chi connectivity index (χ1v) is 10.5. The normalized spacial score (nSPS) is 13.6. The van der Waals surface area contributed by atoms with Crippen LogP contribution in [0.3, 0.4) is 0 Å². The van der Waals surface area contributed by atoms with E-state index in [0.717, 1.165) is 11.1 Å². The van der Waals surface area contributed by atoms with E-state index in [1.807, 2.05) is 30.3 Å². The van der Waals surface area contributed by atoms with Gasteiger partial charge in [-0.25, -0.2) is 4.39 Å². The lowest BCUT2D eigenvalue weighted by molar-refractivity contribution is -0.117. The van der Waals surface area contributed by atoms with Crippen molar-refractivity contribution >= 4 is 33.4 Å². The Morgan fingerprint density at radius 2 is 1.90 bits per heavy atom. The molecule has 0 radical (unpaired) electrons. The highest BCUT2D eigenvalue weighted by molar-refractivity contribution is 9.10. The number of benzene rings is 3. The Hall–Kier alpha value is -3.19. The molecule has 0 aromatic heterocycles. The van der Waals surface area contributed by atoms with Gasteiger partial charge in [0.2, 0.25) is 5.91 Å². The first-order valence-electron chi connectivity index (χ1n) is 9.74. The summed E-state index contributed by atoms with van der Waals surface area (Å²) in [6.07, 6.45) is -0.0123. The largest absolute Gasteiger partial charge is 0.497 e. The van der Waals surface area contributed by atoms with Crippen LogP contribution in [0, 0.1) is 5.82 Å². The predicted octanol–water partition coefficient (Wildman–Crippen LogP) is 5.32. The van der Waals surface area contributed by atoms with Gasteiger partial charge in [0.15, 0.2) is 0 Å². The van der Waals surface area contributed by atoms with Crippen molar-refractivity contribution in [3.05, 3.63) is 93.7 Å². The fourth-order valence-electron chi connectivity index (χ4n) is 3.73. The molecule has 1 aliphatic rings. The van der Waals surface area contributed by atoms with Gasteiger partial charge in [0, 0.05) is 16.6 Å². The molecule has 2 amide bonds. The smallest absolute Gasteiger partial charge is 0.255 e. The standard InChI is InChI=1S/C24H20BrFN2O3/c1-31-18-9-6-15(7-10-18)22(28-14-16-4-2-3-5-19(16)24(28)30)13-23(29)27-21-11-8-17(25)12-20(21)26/h2-12,22H,13-14H2,1H3,(H,27,29). The summed E-state index contributed by atoms with van der Waals surface area (Å²) in [5, 5.41) is 2.62. The highest BCUT2D eigenvalue weighted by Crippen LogP contribution is 2.34. The van der Waals surface area contributed by atoms with Gasteiger partial charge in [-0.1, -0.05) is 46.3 Å². The van der Waals surface area contributed by atoms with Crippen LogP contribution in [0.4, 0.5) is 10.1 Å². The molecule has 1 heterocycles. The molecule has 0 saturated carbocycles. The minimum Gasteiger partial charge on any atom is -0.497 e. The Morgan fingerprint density at radius 3 is 2.58 bits per heavy atom. The van der Waals surface area contributed by atoms with E-state index in [4.69, 9.17) is 4.74 Å². The number of carbonyl (C=O) groups is 2. The average Bonchev–Trinajstić information content (AvgIpc) is 3.11. The molecule has 4 rings (SSSR count). The molecule has 1 N–H and O–H groups in total. The molecule has 1 unspecified atom stereocenters. The average molecular weight is 483 g/mol. The molecule has 3 aromatic rings. The Labute approximate surface area is 188 Å². The third kappa shape index (κ3) is 4.46. The van der Waals surface area contributed by atoms with Gasteiger partial charge in [0.05, 0.1) is 25.3 Å². The van der Waals surface area contributed by atoms with Gasteiger partial charge in [0.25, 0.3) is 5.91 Å². The zero-order valence-electron chi connectivity index (χ0n) is 16.8. The van der Waals surface area contributed by atoms with Crippen molar-refractivity contribution in [1.29, 1.82) is 0 Å². The molecule has 1 atom stereocenters. The van der Waals surface area contributed by atoms with Gasteiger partial charge < -0.3 is 15.0 Å². The Bertz CT molecular complexity index is 1130. The van der Waals surface area contributed by atoms with E-state index in [-0.39, 0.29) is 23.9 Å². The fraction of sp³-hybridized carbons (Fsp3) is 0.167. The molecule has 3 aromatic carbocycles. The summed E-state index contributed by atoms with van der Waals surface area (Å²) in [6, 6.07) is 18.6. The molecule has 0 fully saturated rings. The lowest BCUT2D eigenvalue weighted by atomic mass is 10.0. The maximum absolute atomic E-state index is 14.2. The summed E-state index contributed by atoms with van der Waals surface area (Å²) >= 11 is 3.20. The second-order valence-electron chi connectivity index (χ2n) is 7.26. The molecule has 7 heteroatoms. The number of methoxy groups -OCH3 is 1. The minimum absolute atomic E-state index is 0.0123. The van der Waals surface area contributed by atoms with E-state index in [1.54, 1.807) is 36.3 Å². The van der Waals surface area contributed by atoms with Crippen molar-refractivity contribution in [3.63, 3.8) is 0 Å². The van der Waals surface area contributed by atoms with Crippen LogP contribution < -0.4 is 10.1 Å². The molecule has 0 spiro atoms. The van der Waals surface area contributed by atoms with Gasteiger partial charge in [-0.2, -0.15) is 0 Å². The van der Waals surface area contributed by atoms with Gasteiger partial charge >= 0.3 is 0 Å². The third-order valence-corrected chi connectivity index (χ3v) is 5.80. The topological polar surface area (TPSA) is 58.6 Å². The van der Waals surface area contributed by atoms with E-state index < -0.39 is 11.9 Å². The highest BCUT2D eigenvalue weighted by Gasteiger charge is 2.34. The molecule has 31 heavy (non-hydrogen) atoms. The van der Waals surface area contributed by atoms with Gasteiger partial charge in [-0.3, -0.25) is 9.59 Å². The van der Waals surface area contributed by atoms with Crippen molar-refractivity contribution in [1.82, 2.24) is 4.90 Å². The quantitative estimate of drug-likeness (QED) is 0.516. The van der Waals surface area contributed by atoms with E-state index in [9.17, 15) is 14.0 Å². The van der Waals surface area contributed by atoms with Crippen molar-refractivity contribution in [2.75, 3.05) is 12.4 Å². The lowest BCUT2D eigenvalue weighted by Gasteiger charge is -2.28. The van der Waals surface area contributed by atoms with Gasteiger partial charge in [0.1, 0.15) is 11.6 Å². The summed E-state index contributed by atoms with van der Waals surface area (Å²) in [5.74, 6) is -0.363. The Kier molecular flexibility index (Phi) is 6.04. The zero-order chi connectivity index (χ0) is 22.0. The van der Waals surface area contributed by atoms with Crippen LogP contribution in [0.1, 0.15) is 33.9 Å². The molecule has 1 aliphatic heterocycles. The van der Waals surface area contributed by atoms with Crippen LogP contribution in [0.15, 0.2) is 71.2 Å². The monoisotopic (exact) mass is 482 g/mol. The predicted molar refractivity (Wildman–Crippen MR) is 119 cm³/mol. The number of hydrogen-bond donors (Lipinski definition) is 1. The summed E-state index contributed by atoms with van der Waals surface area (Å²) in [6.45, 7) is 0.408. The maximum atomic E-state index is 14.2. The van der Waals surface area contributed by atoms with Crippen molar-refractivity contribution in [2.24, 2.45) is 0 Å². The second-order valence-corrected chi connectivity index (χ2v) is 8.17. The lowest BCUT2D eigenvalue weighted by Crippen LogP contribution is -2.32. The SMILES string of the molecule is COc1ccc(C(CC(=O)Nc2ccc(Br)cc2F)N2Cc3ccccc3C2=O)cc1. The second kappa shape index (κ2) is 8.89. The first kappa shape index (κ1) is 21.1. The molecule has 0 aliphatic carbocycles. The Morgan fingerprint density at radius 1 is 1.16 bits per heavy atom. The van der Waals surface area contributed by atoms with E-state index in [1.165, 1.54) is 12.1 Å².